The second-order valence-electron chi connectivity index (χ2n) is 4.60. The minimum absolute atomic E-state index is 0.000257. The first-order valence-corrected chi connectivity index (χ1v) is 6.60. The highest BCUT2D eigenvalue weighted by molar-refractivity contribution is 6.32. The molecule has 1 atom stereocenters. The van der Waals surface area contributed by atoms with E-state index >= 15 is 0 Å². The normalized spacial score (nSPS) is 18.6. The molecule has 0 bridgehead atoms. The number of carbonyl (C=O) groups excluding carboxylic acids is 1. The summed E-state index contributed by atoms with van der Waals surface area (Å²) in [5.41, 5.74) is 0.399. The lowest BCUT2D eigenvalue weighted by molar-refractivity contribution is -0.153. The summed E-state index contributed by atoms with van der Waals surface area (Å²) < 4.78 is 45.9. The van der Waals surface area contributed by atoms with E-state index in [0.29, 0.717) is 25.3 Å². The number of hydrogen-bond donors (Lipinski definition) is 1. The average Bonchev–Trinajstić information content (AvgIpc) is 2.90. The summed E-state index contributed by atoms with van der Waals surface area (Å²) in [5, 5.41) is 2.64. The van der Waals surface area contributed by atoms with Gasteiger partial charge in [0.15, 0.2) is 6.61 Å². The highest BCUT2D eigenvalue weighted by Crippen LogP contribution is 2.29. The molecule has 0 unspecified atom stereocenters. The first-order valence-electron chi connectivity index (χ1n) is 6.23. The Morgan fingerprint density at radius 1 is 1.48 bits per heavy atom. The highest BCUT2D eigenvalue weighted by atomic mass is 35.5. The van der Waals surface area contributed by atoms with Crippen LogP contribution in [0.3, 0.4) is 0 Å². The van der Waals surface area contributed by atoms with Crippen molar-refractivity contribution in [1.82, 2.24) is 0 Å². The van der Waals surface area contributed by atoms with Crippen molar-refractivity contribution in [3.05, 3.63) is 23.2 Å². The van der Waals surface area contributed by atoms with Crippen molar-refractivity contribution >= 4 is 23.2 Å². The standard InChI is InChI=1S/C13H13ClF3NO3/c14-10-5-9(18-12(19)8-3-4-20-6-8)1-2-11(10)21-7-13(15,16)17/h1-2,5,8H,3-4,6-7H2,(H,18,19)/t8-/m1/s1. The van der Waals surface area contributed by atoms with Crippen molar-refractivity contribution in [3.63, 3.8) is 0 Å². The molecule has 1 aliphatic rings. The monoisotopic (exact) mass is 323 g/mol. The predicted octanol–water partition coefficient (Wildman–Crippen LogP) is 3.26. The zero-order chi connectivity index (χ0) is 15.5. The topological polar surface area (TPSA) is 47.6 Å². The van der Waals surface area contributed by atoms with Crippen molar-refractivity contribution in [3.8, 4) is 5.75 Å². The van der Waals surface area contributed by atoms with Crippen LogP contribution < -0.4 is 10.1 Å². The summed E-state index contributed by atoms with van der Waals surface area (Å²) in [6.07, 6.45) is -3.79. The molecule has 116 valence electrons. The molecule has 0 spiro atoms. The average molecular weight is 324 g/mol. The Labute approximate surface area is 124 Å². The van der Waals surface area contributed by atoms with Crippen LogP contribution in [-0.2, 0) is 9.53 Å². The van der Waals surface area contributed by atoms with Crippen molar-refractivity contribution < 1.29 is 27.4 Å². The number of anilines is 1. The number of hydrogen-bond acceptors (Lipinski definition) is 3. The van der Waals surface area contributed by atoms with E-state index < -0.39 is 12.8 Å². The van der Waals surface area contributed by atoms with Crippen molar-refractivity contribution in [2.75, 3.05) is 25.1 Å². The van der Waals surface area contributed by atoms with Crippen LogP contribution in [0, 0.1) is 5.92 Å². The van der Waals surface area contributed by atoms with E-state index in [4.69, 9.17) is 16.3 Å². The second-order valence-corrected chi connectivity index (χ2v) is 5.01. The Hall–Kier alpha value is -1.47. The van der Waals surface area contributed by atoms with Crippen LogP contribution in [0.5, 0.6) is 5.75 Å². The molecule has 0 aliphatic carbocycles. The van der Waals surface area contributed by atoms with Crippen LogP contribution in [0.4, 0.5) is 18.9 Å². The number of rotatable bonds is 4. The first-order chi connectivity index (χ1) is 9.85. The van der Waals surface area contributed by atoms with Crippen molar-refractivity contribution in [2.45, 2.75) is 12.6 Å². The fraction of sp³-hybridized carbons (Fsp3) is 0.462. The molecule has 1 aromatic carbocycles. The number of halogens is 4. The Morgan fingerprint density at radius 2 is 2.24 bits per heavy atom. The van der Waals surface area contributed by atoms with Gasteiger partial charge in [0.05, 0.1) is 17.5 Å². The Kier molecular flexibility index (Phi) is 4.95. The van der Waals surface area contributed by atoms with E-state index in [0.717, 1.165) is 0 Å². The van der Waals surface area contributed by atoms with Gasteiger partial charge in [0.25, 0.3) is 0 Å². The molecule has 1 aliphatic heterocycles. The number of nitrogens with one attached hydrogen (secondary N) is 1. The molecule has 0 aromatic heterocycles. The number of amides is 1. The number of carbonyl (C=O) groups is 1. The zero-order valence-electron chi connectivity index (χ0n) is 10.9. The van der Waals surface area contributed by atoms with Crippen LogP contribution in [0.1, 0.15) is 6.42 Å². The zero-order valence-corrected chi connectivity index (χ0v) is 11.6. The van der Waals surface area contributed by atoms with Gasteiger partial charge in [-0.2, -0.15) is 13.2 Å². The van der Waals surface area contributed by atoms with Crippen LogP contribution >= 0.6 is 11.6 Å². The molecule has 0 saturated carbocycles. The molecule has 2 rings (SSSR count). The SMILES string of the molecule is O=C(Nc1ccc(OCC(F)(F)F)c(Cl)c1)[C@@H]1CCOC1. The van der Waals surface area contributed by atoms with Crippen LogP contribution in [-0.4, -0.2) is 31.9 Å². The molecule has 1 amide bonds. The first kappa shape index (κ1) is 15.9. The maximum Gasteiger partial charge on any atom is 0.422 e. The van der Waals surface area contributed by atoms with Gasteiger partial charge >= 0.3 is 6.18 Å². The largest absolute Gasteiger partial charge is 0.483 e. The molecule has 1 heterocycles. The van der Waals surface area contributed by atoms with Crippen molar-refractivity contribution in [1.29, 1.82) is 0 Å². The van der Waals surface area contributed by atoms with Gasteiger partial charge in [-0.3, -0.25) is 4.79 Å². The van der Waals surface area contributed by atoms with E-state index in [9.17, 15) is 18.0 Å². The molecule has 8 heteroatoms. The maximum absolute atomic E-state index is 12.1. The molecular formula is C13H13ClF3NO3. The Bertz CT molecular complexity index is 516. The quantitative estimate of drug-likeness (QED) is 0.925. The van der Waals surface area contributed by atoms with E-state index in [2.05, 4.69) is 10.1 Å². The summed E-state index contributed by atoms with van der Waals surface area (Å²) in [5.74, 6) is -0.506. The predicted molar refractivity (Wildman–Crippen MR) is 70.6 cm³/mol. The maximum atomic E-state index is 12.1. The van der Waals surface area contributed by atoms with Gasteiger partial charge in [-0.05, 0) is 24.6 Å². The summed E-state index contributed by atoms with van der Waals surface area (Å²) in [6.45, 7) is -0.507. The smallest absolute Gasteiger partial charge is 0.422 e. The van der Waals surface area contributed by atoms with Crippen LogP contribution in [0.2, 0.25) is 5.02 Å². The van der Waals surface area contributed by atoms with Crippen LogP contribution in [0.25, 0.3) is 0 Å². The number of alkyl halides is 3. The number of ether oxygens (including phenoxy) is 2. The van der Waals surface area contributed by atoms with Crippen LogP contribution in [0.15, 0.2) is 18.2 Å². The van der Waals surface area contributed by atoms with E-state index in [1.165, 1.54) is 18.2 Å². The lowest BCUT2D eigenvalue weighted by Gasteiger charge is -2.13. The van der Waals surface area contributed by atoms with E-state index in [-0.39, 0.29) is 22.6 Å². The molecule has 1 saturated heterocycles. The summed E-state index contributed by atoms with van der Waals surface area (Å²) >= 11 is 5.83. The third kappa shape index (κ3) is 4.78. The van der Waals surface area contributed by atoms with E-state index in [1.807, 2.05) is 0 Å². The molecule has 4 nitrogen and oxygen atoms in total. The fourth-order valence-corrected chi connectivity index (χ4v) is 2.08. The van der Waals surface area contributed by atoms with Crippen molar-refractivity contribution in [2.24, 2.45) is 5.92 Å². The highest BCUT2D eigenvalue weighted by Gasteiger charge is 2.29. The fourth-order valence-electron chi connectivity index (χ4n) is 1.84. The molecular weight excluding hydrogens is 311 g/mol. The molecule has 1 N–H and O–H groups in total. The molecule has 0 radical (unpaired) electrons. The minimum Gasteiger partial charge on any atom is -0.483 e. The molecule has 21 heavy (non-hydrogen) atoms. The second kappa shape index (κ2) is 6.53. The van der Waals surface area contributed by atoms with Gasteiger partial charge in [0, 0.05) is 12.3 Å². The lowest BCUT2D eigenvalue weighted by atomic mass is 10.1. The molecule has 1 fully saturated rings. The molecule has 1 aromatic rings. The summed E-state index contributed by atoms with van der Waals surface area (Å²) in [7, 11) is 0. The van der Waals surface area contributed by atoms with E-state index in [1.54, 1.807) is 0 Å². The number of benzene rings is 1. The summed E-state index contributed by atoms with van der Waals surface area (Å²) in [6, 6.07) is 4.07. The van der Waals surface area contributed by atoms with Gasteiger partial charge in [-0.25, -0.2) is 0 Å². The van der Waals surface area contributed by atoms with Gasteiger partial charge in [0.2, 0.25) is 5.91 Å². The van der Waals surface area contributed by atoms with Gasteiger partial charge in [-0.1, -0.05) is 11.6 Å². The minimum atomic E-state index is -4.43. The third-order valence-electron chi connectivity index (χ3n) is 2.89. The van der Waals surface area contributed by atoms with Gasteiger partial charge in [-0.15, -0.1) is 0 Å². The summed E-state index contributed by atoms with van der Waals surface area (Å²) in [4.78, 5) is 11.9. The van der Waals surface area contributed by atoms with Gasteiger partial charge in [0.1, 0.15) is 5.75 Å². The van der Waals surface area contributed by atoms with Gasteiger partial charge < -0.3 is 14.8 Å². The Balaban J connectivity index is 1.96. The Morgan fingerprint density at radius 3 is 2.81 bits per heavy atom. The lowest BCUT2D eigenvalue weighted by Crippen LogP contribution is -2.22. The third-order valence-corrected chi connectivity index (χ3v) is 3.19.